The molecule has 0 atom stereocenters. The lowest BCUT2D eigenvalue weighted by Gasteiger charge is -2.05. The number of aromatic hydroxyl groups is 1. The number of nitrogens with one attached hydrogen (secondary N) is 1. The number of amides is 1. The van der Waals surface area contributed by atoms with Crippen LogP contribution in [0.25, 0.3) is 10.9 Å². The first-order chi connectivity index (χ1) is 8.63. The van der Waals surface area contributed by atoms with E-state index in [4.69, 9.17) is 5.73 Å². The predicted molar refractivity (Wildman–Crippen MR) is 70.6 cm³/mol. The molecule has 5 nitrogen and oxygen atoms in total. The van der Waals surface area contributed by atoms with Gasteiger partial charge in [0.15, 0.2) is 0 Å². The van der Waals surface area contributed by atoms with Gasteiger partial charge in [-0.15, -0.1) is 0 Å². The van der Waals surface area contributed by atoms with Crippen molar-refractivity contribution in [3.63, 3.8) is 0 Å². The van der Waals surface area contributed by atoms with Crippen molar-refractivity contribution in [1.82, 2.24) is 9.88 Å². The normalized spacial score (nSPS) is 10.8. The Morgan fingerprint density at radius 2 is 2.22 bits per heavy atom. The van der Waals surface area contributed by atoms with E-state index < -0.39 is 0 Å². The molecular weight excluding hydrogens is 230 g/mol. The highest BCUT2D eigenvalue weighted by atomic mass is 16.3. The summed E-state index contributed by atoms with van der Waals surface area (Å²) in [6, 6.07) is 6.86. The Hall–Kier alpha value is -2.01. The van der Waals surface area contributed by atoms with Gasteiger partial charge in [-0.3, -0.25) is 4.79 Å². The van der Waals surface area contributed by atoms with Gasteiger partial charge < -0.3 is 20.7 Å². The van der Waals surface area contributed by atoms with Crippen molar-refractivity contribution in [1.29, 1.82) is 0 Å². The zero-order chi connectivity index (χ0) is 13.1. The maximum Gasteiger partial charge on any atom is 0.267 e. The van der Waals surface area contributed by atoms with E-state index in [1.807, 2.05) is 6.07 Å². The fourth-order valence-electron chi connectivity index (χ4n) is 1.93. The second-order valence-electron chi connectivity index (χ2n) is 4.23. The summed E-state index contributed by atoms with van der Waals surface area (Å²) in [5.74, 6) is 0.0698. The van der Waals surface area contributed by atoms with Gasteiger partial charge >= 0.3 is 0 Å². The molecule has 0 unspecified atom stereocenters. The summed E-state index contributed by atoms with van der Waals surface area (Å²) in [5, 5.41) is 13.2. The van der Waals surface area contributed by atoms with Crippen molar-refractivity contribution < 1.29 is 9.90 Å². The Labute approximate surface area is 105 Å². The van der Waals surface area contributed by atoms with Crippen LogP contribution in [0, 0.1) is 0 Å². The molecule has 0 saturated carbocycles. The number of nitrogens with two attached hydrogens (primary N) is 1. The van der Waals surface area contributed by atoms with Crippen LogP contribution in [-0.2, 0) is 7.05 Å². The summed E-state index contributed by atoms with van der Waals surface area (Å²) in [7, 11) is 1.81. The smallest absolute Gasteiger partial charge is 0.267 e. The van der Waals surface area contributed by atoms with Crippen LogP contribution in [-0.4, -0.2) is 28.7 Å². The predicted octanol–water partition coefficient (Wildman–Crippen LogP) is 0.962. The molecule has 0 fully saturated rings. The molecule has 0 aliphatic carbocycles. The van der Waals surface area contributed by atoms with E-state index in [9.17, 15) is 9.90 Å². The number of aryl methyl sites for hydroxylation is 1. The van der Waals surface area contributed by atoms with Gasteiger partial charge in [-0.2, -0.15) is 0 Å². The topological polar surface area (TPSA) is 80.3 Å². The van der Waals surface area contributed by atoms with Crippen molar-refractivity contribution in [2.75, 3.05) is 13.1 Å². The number of aromatic nitrogens is 1. The van der Waals surface area contributed by atoms with Crippen LogP contribution in [0.4, 0.5) is 0 Å². The minimum absolute atomic E-state index is 0.123. The van der Waals surface area contributed by atoms with Gasteiger partial charge in [0.25, 0.3) is 5.91 Å². The van der Waals surface area contributed by atoms with Gasteiger partial charge in [0.05, 0.1) is 5.52 Å². The first-order valence-electron chi connectivity index (χ1n) is 5.90. The van der Waals surface area contributed by atoms with Crippen LogP contribution >= 0.6 is 0 Å². The molecular formula is C13H17N3O2. The highest BCUT2D eigenvalue weighted by molar-refractivity contribution is 5.98. The Bertz CT molecular complexity index is 575. The number of fused-ring (bicyclic) bond motifs is 1. The van der Waals surface area contributed by atoms with Crippen molar-refractivity contribution in [3.8, 4) is 5.75 Å². The number of benzene rings is 1. The van der Waals surface area contributed by atoms with Crippen LogP contribution in [0.2, 0.25) is 0 Å². The zero-order valence-corrected chi connectivity index (χ0v) is 10.3. The molecule has 0 aliphatic rings. The fourth-order valence-corrected chi connectivity index (χ4v) is 1.93. The van der Waals surface area contributed by atoms with E-state index in [0.717, 1.165) is 17.3 Å². The Morgan fingerprint density at radius 3 is 2.94 bits per heavy atom. The standard InChI is InChI=1S/C13H17N3O2/c1-16-11-8-10(17)4-3-9(11)7-12(16)13(18)15-6-2-5-14/h3-4,7-8,17H,2,5-6,14H2,1H3,(H,15,18). The lowest BCUT2D eigenvalue weighted by atomic mass is 10.2. The van der Waals surface area contributed by atoms with Crippen LogP contribution < -0.4 is 11.1 Å². The number of rotatable bonds is 4. The maximum absolute atomic E-state index is 12.0. The molecule has 2 aromatic rings. The average Bonchev–Trinajstić information content (AvgIpc) is 2.67. The van der Waals surface area contributed by atoms with Crippen molar-refractivity contribution in [3.05, 3.63) is 30.0 Å². The molecule has 4 N–H and O–H groups in total. The Balaban J connectivity index is 2.28. The quantitative estimate of drug-likeness (QED) is 0.704. The van der Waals surface area contributed by atoms with E-state index in [1.165, 1.54) is 0 Å². The molecule has 1 amide bonds. The highest BCUT2D eigenvalue weighted by Crippen LogP contribution is 2.22. The van der Waals surface area contributed by atoms with E-state index >= 15 is 0 Å². The van der Waals surface area contributed by atoms with E-state index in [1.54, 1.807) is 29.8 Å². The molecule has 0 spiro atoms. The first kappa shape index (κ1) is 12.4. The molecule has 0 saturated heterocycles. The van der Waals surface area contributed by atoms with Crippen molar-refractivity contribution in [2.24, 2.45) is 12.8 Å². The summed E-state index contributed by atoms with van der Waals surface area (Å²) in [6.45, 7) is 1.13. The molecule has 5 heteroatoms. The third kappa shape index (κ3) is 2.31. The number of hydrogen-bond donors (Lipinski definition) is 3. The summed E-state index contributed by atoms with van der Waals surface area (Å²) in [5.41, 5.74) is 6.79. The third-order valence-corrected chi connectivity index (χ3v) is 2.93. The molecule has 0 radical (unpaired) electrons. The number of phenols is 1. The number of nitrogens with zero attached hydrogens (tertiary/aromatic N) is 1. The number of carbonyl (C=O) groups is 1. The molecule has 96 valence electrons. The number of carbonyl (C=O) groups excluding carboxylic acids is 1. The Kier molecular flexibility index (Phi) is 3.53. The lowest BCUT2D eigenvalue weighted by Crippen LogP contribution is -2.27. The minimum Gasteiger partial charge on any atom is -0.508 e. The number of phenolic OH excluding ortho intramolecular Hbond substituents is 1. The summed E-state index contributed by atoms with van der Waals surface area (Å²) >= 11 is 0. The second kappa shape index (κ2) is 5.10. The molecule has 1 heterocycles. The molecule has 0 bridgehead atoms. The van der Waals surface area contributed by atoms with Crippen molar-refractivity contribution >= 4 is 16.8 Å². The minimum atomic E-state index is -0.123. The van der Waals surface area contributed by atoms with Crippen LogP contribution in [0.1, 0.15) is 16.9 Å². The van der Waals surface area contributed by atoms with Crippen molar-refractivity contribution in [2.45, 2.75) is 6.42 Å². The zero-order valence-electron chi connectivity index (χ0n) is 10.3. The summed E-state index contributed by atoms with van der Waals surface area (Å²) < 4.78 is 1.77. The molecule has 0 aliphatic heterocycles. The lowest BCUT2D eigenvalue weighted by molar-refractivity contribution is 0.0946. The van der Waals surface area contributed by atoms with E-state index in [0.29, 0.717) is 18.8 Å². The number of hydrogen-bond acceptors (Lipinski definition) is 3. The third-order valence-electron chi connectivity index (χ3n) is 2.93. The van der Waals surface area contributed by atoms with Gasteiger partial charge in [-0.1, -0.05) is 0 Å². The van der Waals surface area contributed by atoms with Crippen LogP contribution in [0.3, 0.4) is 0 Å². The van der Waals surface area contributed by atoms with Gasteiger partial charge in [-0.25, -0.2) is 0 Å². The molecule has 1 aromatic carbocycles. The first-order valence-corrected chi connectivity index (χ1v) is 5.90. The summed E-state index contributed by atoms with van der Waals surface area (Å²) in [6.07, 6.45) is 0.760. The highest BCUT2D eigenvalue weighted by Gasteiger charge is 2.12. The van der Waals surface area contributed by atoms with E-state index in [2.05, 4.69) is 5.32 Å². The largest absolute Gasteiger partial charge is 0.508 e. The average molecular weight is 247 g/mol. The van der Waals surface area contributed by atoms with Gasteiger partial charge in [0.2, 0.25) is 0 Å². The fraction of sp³-hybridized carbons (Fsp3) is 0.308. The van der Waals surface area contributed by atoms with Crippen LogP contribution in [0.15, 0.2) is 24.3 Å². The molecule has 2 rings (SSSR count). The summed E-state index contributed by atoms with van der Waals surface area (Å²) in [4.78, 5) is 12.0. The molecule has 1 aromatic heterocycles. The van der Waals surface area contributed by atoms with Gasteiger partial charge in [0.1, 0.15) is 11.4 Å². The van der Waals surface area contributed by atoms with E-state index in [-0.39, 0.29) is 11.7 Å². The monoisotopic (exact) mass is 247 g/mol. The Morgan fingerprint density at radius 1 is 1.44 bits per heavy atom. The molecule has 18 heavy (non-hydrogen) atoms. The second-order valence-corrected chi connectivity index (χ2v) is 4.23. The van der Waals surface area contributed by atoms with Gasteiger partial charge in [0, 0.05) is 25.0 Å². The SMILES string of the molecule is Cn1c(C(=O)NCCCN)cc2ccc(O)cc21. The maximum atomic E-state index is 12.0. The van der Waals surface area contributed by atoms with Crippen LogP contribution in [0.5, 0.6) is 5.75 Å². The van der Waals surface area contributed by atoms with Gasteiger partial charge in [-0.05, 0) is 31.2 Å².